The third-order valence-corrected chi connectivity index (χ3v) is 0. The Bertz CT molecular complexity index is 6.85. The second-order valence-corrected chi connectivity index (χ2v) is 0. The topological polar surface area (TPSA) is 94.5 Å². The van der Waals surface area contributed by atoms with Crippen molar-refractivity contribution in [1.29, 1.82) is 0 Å². The zero-order chi connectivity index (χ0) is 0. The molecule has 5 heteroatoms. The van der Waals surface area contributed by atoms with Crippen LogP contribution in [0.5, 0.6) is 0 Å². The summed E-state index contributed by atoms with van der Waals surface area (Å²) in [6.07, 6.45) is 0. The zero-order valence-electron chi connectivity index (χ0n) is 2.58. The molecule has 0 aliphatic rings. The van der Waals surface area contributed by atoms with Gasteiger partial charge in [-0.2, -0.15) is 0 Å². The van der Waals surface area contributed by atoms with Gasteiger partial charge in [-0.05, 0) is 0 Å². The van der Waals surface area contributed by atoms with Gasteiger partial charge >= 0.3 is 0 Å². The van der Waals surface area contributed by atoms with Crippen molar-refractivity contribution >= 4 is 0 Å². The molecule has 31 valence electrons. The normalized spacial score (nSPS) is 0. The largest absolute Gasteiger partial charge is 0.412 e. The van der Waals surface area contributed by atoms with Gasteiger partial charge in [-0.15, -0.1) is 0 Å². The van der Waals surface area contributed by atoms with Crippen LogP contribution in [0.15, 0.2) is 0 Å². The molecule has 0 aromatic heterocycles. The van der Waals surface area contributed by atoms with Crippen molar-refractivity contribution in [2.45, 2.75) is 0 Å². The average Bonchev–Trinajstić information content (AvgIpc) is 0. The van der Waals surface area contributed by atoms with E-state index in [4.69, 9.17) is 0 Å². The molecule has 0 aliphatic heterocycles. The van der Waals surface area contributed by atoms with Crippen LogP contribution in [0.1, 0.15) is 0 Å². The molecule has 5 heavy (non-hydrogen) atoms. The van der Waals surface area contributed by atoms with Crippen molar-refractivity contribution in [1.82, 2.24) is 0 Å². The average molecular weight is 241 g/mol. The van der Waals surface area contributed by atoms with Gasteiger partial charge in [-0.1, -0.05) is 0 Å². The Morgan fingerprint density at radius 3 is 0.600 bits per heavy atom. The molecule has 0 aromatic carbocycles. The third kappa shape index (κ3) is 26.0. The maximum absolute atomic E-state index is 0. The van der Waals surface area contributed by atoms with Crippen LogP contribution in [-0.2, 0) is 21.7 Å². The van der Waals surface area contributed by atoms with E-state index in [9.17, 15) is 0 Å². The molecule has 0 saturated carbocycles. The van der Waals surface area contributed by atoms with Crippen LogP contribution in [0, 0.1) is 35.6 Å². The molecule has 0 amide bonds. The molecule has 3 nitrogen and oxygen atoms in total. The molecular weight excluding hydrogens is 235 g/mol. The van der Waals surface area contributed by atoms with Crippen LogP contribution in [0.2, 0.25) is 0 Å². The molecule has 0 unspecified atom stereocenters. The first-order valence-electron chi connectivity index (χ1n) is 0. The molecular formula is H6LaO3Ti. The van der Waals surface area contributed by atoms with E-state index in [2.05, 4.69) is 0 Å². The Morgan fingerprint density at radius 2 is 0.600 bits per heavy atom. The molecule has 1 radical (unpaired) electrons. The van der Waals surface area contributed by atoms with Crippen LogP contribution in [0.3, 0.4) is 0 Å². The van der Waals surface area contributed by atoms with E-state index >= 15 is 0 Å². The molecule has 6 N–H and O–H groups in total. The number of rotatable bonds is 0. The van der Waals surface area contributed by atoms with Crippen molar-refractivity contribution in [3.8, 4) is 0 Å². The summed E-state index contributed by atoms with van der Waals surface area (Å²) in [4.78, 5) is 0. The number of hydrogen-bond donors (Lipinski definition) is 0. The fourth-order valence-electron chi connectivity index (χ4n) is 0. The van der Waals surface area contributed by atoms with E-state index in [1.54, 1.807) is 0 Å². The molecule has 0 heterocycles. The second-order valence-electron chi connectivity index (χ2n) is 0. The van der Waals surface area contributed by atoms with Gasteiger partial charge in [-0.25, -0.2) is 0 Å². The van der Waals surface area contributed by atoms with Crippen molar-refractivity contribution < 1.29 is 73.7 Å². The standard InChI is InChI=1S/La.3H2O.Ti/h;3*1H2;. The minimum atomic E-state index is 0. The monoisotopic (exact) mass is 241 g/mol. The van der Waals surface area contributed by atoms with Crippen LogP contribution < -0.4 is 0 Å². The Morgan fingerprint density at radius 1 is 0.600 bits per heavy atom. The first-order chi connectivity index (χ1) is 0. The van der Waals surface area contributed by atoms with Crippen LogP contribution in [-0.4, -0.2) is 16.4 Å². The summed E-state index contributed by atoms with van der Waals surface area (Å²) >= 11 is 0. The summed E-state index contributed by atoms with van der Waals surface area (Å²) in [5.41, 5.74) is 0. The van der Waals surface area contributed by atoms with Gasteiger partial charge < -0.3 is 16.4 Å². The molecule has 0 aromatic rings. The van der Waals surface area contributed by atoms with Crippen LogP contribution in [0.4, 0.5) is 0 Å². The summed E-state index contributed by atoms with van der Waals surface area (Å²) in [7, 11) is 0. The predicted molar refractivity (Wildman–Crippen MR) is 10.8 cm³/mol. The predicted octanol–water partition coefficient (Wildman–Crippen LogP) is -2.48. The smallest absolute Gasteiger partial charge is 0 e. The first kappa shape index (κ1) is 71.1. The Balaban J connectivity index is 0. The molecule has 0 aliphatic carbocycles. The molecule has 0 atom stereocenters. The Hall–Kier alpha value is 1.79. The van der Waals surface area contributed by atoms with Gasteiger partial charge in [0.25, 0.3) is 0 Å². The summed E-state index contributed by atoms with van der Waals surface area (Å²) < 4.78 is 0. The molecule has 0 spiro atoms. The summed E-state index contributed by atoms with van der Waals surface area (Å²) in [6.45, 7) is 0. The second kappa shape index (κ2) is 41.5. The van der Waals surface area contributed by atoms with Gasteiger partial charge in [0.2, 0.25) is 0 Å². The van der Waals surface area contributed by atoms with Crippen LogP contribution >= 0.6 is 0 Å². The van der Waals surface area contributed by atoms with E-state index in [1.165, 1.54) is 0 Å². The summed E-state index contributed by atoms with van der Waals surface area (Å²) in [5, 5.41) is 0. The van der Waals surface area contributed by atoms with Crippen molar-refractivity contribution in [2.75, 3.05) is 0 Å². The Kier molecular flexibility index (Phi) is 590. The minimum absolute atomic E-state index is 0. The van der Waals surface area contributed by atoms with Gasteiger partial charge in [0.1, 0.15) is 0 Å². The van der Waals surface area contributed by atoms with E-state index in [0.29, 0.717) is 0 Å². The third-order valence-electron chi connectivity index (χ3n) is 0. The minimum Gasteiger partial charge on any atom is -0.412 e. The van der Waals surface area contributed by atoms with Crippen molar-refractivity contribution in [2.24, 2.45) is 0 Å². The molecule has 0 fully saturated rings. The van der Waals surface area contributed by atoms with E-state index < -0.39 is 0 Å². The zero-order valence-corrected chi connectivity index (χ0v) is 7.76. The maximum atomic E-state index is 0. The van der Waals surface area contributed by atoms with Crippen LogP contribution in [0.25, 0.3) is 0 Å². The first-order valence-corrected chi connectivity index (χ1v) is 0. The summed E-state index contributed by atoms with van der Waals surface area (Å²) in [5.74, 6) is 0. The quantitative estimate of drug-likeness (QED) is 0.420. The maximum Gasteiger partial charge on any atom is 0 e. The van der Waals surface area contributed by atoms with Gasteiger partial charge in [0.05, 0.1) is 0 Å². The molecule has 0 rings (SSSR count). The Labute approximate surface area is 72.9 Å². The van der Waals surface area contributed by atoms with E-state index in [1.807, 2.05) is 0 Å². The molecule has 0 bridgehead atoms. The van der Waals surface area contributed by atoms with E-state index in [0.717, 1.165) is 0 Å². The summed E-state index contributed by atoms with van der Waals surface area (Å²) in [6, 6.07) is 0. The van der Waals surface area contributed by atoms with Gasteiger partial charge in [0, 0.05) is 57.3 Å². The molecule has 0 saturated heterocycles. The van der Waals surface area contributed by atoms with Crippen molar-refractivity contribution in [3.05, 3.63) is 0 Å². The van der Waals surface area contributed by atoms with Gasteiger partial charge in [0.15, 0.2) is 0 Å². The van der Waals surface area contributed by atoms with E-state index in [-0.39, 0.29) is 73.7 Å². The number of hydrogen-bond acceptors (Lipinski definition) is 0. The van der Waals surface area contributed by atoms with Crippen molar-refractivity contribution in [3.63, 3.8) is 0 Å². The SMILES string of the molecule is O.O.O.[La].[Ti]. The fraction of sp³-hybridized carbons (Fsp3) is 0. The van der Waals surface area contributed by atoms with Gasteiger partial charge in [-0.3, -0.25) is 0 Å². The fourth-order valence-corrected chi connectivity index (χ4v) is 0.